The van der Waals surface area contributed by atoms with Gasteiger partial charge in [-0.3, -0.25) is 0 Å². The third-order valence-electron chi connectivity index (χ3n) is 4.16. The van der Waals surface area contributed by atoms with Crippen LogP contribution < -0.4 is 5.32 Å². The molecule has 1 aliphatic carbocycles. The quantitative estimate of drug-likeness (QED) is 0.884. The minimum absolute atomic E-state index is 0.0762. The SMILES string of the molecule is CCCC1CCC(c2noc(CNC(C)(C)C)n2)CC1. The maximum absolute atomic E-state index is 5.36. The fraction of sp³-hybridized carbons (Fsp3) is 0.875. The molecule has 0 amide bonds. The Hall–Kier alpha value is -0.900. The molecule has 0 radical (unpaired) electrons. The Balaban J connectivity index is 1.84. The molecule has 0 aliphatic heterocycles. The Kier molecular flexibility index (Phi) is 5.19. The fourth-order valence-corrected chi connectivity index (χ4v) is 2.96. The minimum Gasteiger partial charge on any atom is -0.338 e. The summed E-state index contributed by atoms with van der Waals surface area (Å²) in [5.74, 6) is 3.07. The molecule has 1 aromatic rings. The summed E-state index contributed by atoms with van der Waals surface area (Å²) in [5.41, 5.74) is 0.0762. The van der Waals surface area contributed by atoms with Gasteiger partial charge in [0.2, 0.25) is 5.89 Å². The predicted molar refractivity (Wildman–Crippen MR) is 80.5 cm³/mol. The van der Waals surface area contributed by atoms with E-state index in [4.69, 9.17) is 4.52 Å². The highest BCUT2D eigenvalue weighted by atomic mass is 16.5. The van der Waals surface area contributed by atoms with E-state index < -0.39 is 0 Å². The van der Waals surface area contributed by atoms with Gasteiger partial charge in [0.1, 0.15) is 0 Å². The Morgan fingerprint density at radius 2 is 1.90 bits per heavy atom. The van der Waals surface area contributed by atoms with E-state index in [1.165, 1.54) is 38.5 Å². The van der Waals surface area contributed by atoms with E-state index in [1.54, 1.807) is 0 Å². The average molecular weight is 279 g/mol. The summed E-state index contributed by atoms with van der Waals surface area (Å²) in [6.07, 6.45) is 7.76. The first kappa shape index (κ1) is 15.5. The van der Waals surface area contributed by atoms with Gasteiger partial charge in [0.25, 0.3) is 0 Å². The summed E-state index contributed by atoms with van der Waals surface area (Å²) in [6.45, 7) is 9.35. The minimum atomic E-state index is 0.0762. The predicted octanol–water partition coefficient (Wildman–Crippen LogP) is 4.03. The van der Waals surface area contributed by atoms with Crippen LogP contribution in [0, 0.1) is 5.92 Å². The molecule has 0 aromatic carbocycles. The molecule has 4 nitrogen and oxygen atoms in total. The second-order valence-corrected chi connectivity index (χ2v) is 7.16. The van der Waals surface area contributed by atoms with E-state index in [2.05, 4.69) is 43.2 Å². The molecule has 0 bridgehead atoms. The van der Waals surface area contributed by atoms with E-state index in [0.717, 1.165) is 11.7 Å². The fourth-order valence-electron chi connectivity index (χ4n) is 2.96. The second kappa shape index (κ2) is 6.70. The van der Waals surface area contributed by atoms with Crippen molar-refractivity contribution in [1.82, 2.24) is 15.5 Å². The van der Waals surface area contributed by atoms with E-state index in [0.29, 0.717) is 18.4 Å². The van der Waals surface area contributed by atoms with Crippen molar-refractivity contribution in [2.45, 2.75) is 84.2 Å². The van der Waals surface area contributed by atoms with Gasteiger partial charge in [-0.2, -0.15) is 4.98 Å². The van der Waals surface area contributed by atoms with Crippen LogP contribution in [0.15, 0.2) is 4.52 Å². The van der Waals surface area contributed by atoms with Gasteiger partial charge in [0.05, 0.1) is 6.54 Å². The molecule has 1 N–H and O–H groups in total. The number of aromatic nitrogens is 2. The molecule has 2 rings (SSSR count). The highest BCUT2D eigenvalue weighted by Crippen LogP contribution is 2.36. The highest BCUT2D eigenvalue weighted by molar-refractivity contribution is 4.98. The third-order valence-corrected chi connectivity index (χ3v) is 4.16. The first-order chi connectivity index (χ1) is 9.48. The van der Waals surface area contributed by atoms with Crippen molar-refractivity contribution in [3.05, 3.63) is 11.7 Å². The summed E-state index contributed by atoms with van der Waals surface area (Å²) in [5, 5.41) is 7.57. The number of nitrogens with one attached hydrogen (secondary N) is 1. The molecule has 1 aliphatic rings. The van der Waals surface area contributed by atoms with Crippen molar-refractivity contribution in [3.8, 4) is 0 Å². The van der Waals surface area contributed by atoms with Gasteiger partial charge in [-0.1, -0.05) is 24.9 Å². The molecule has 1 heterocycles. The van der Waals surface area contributed by atoms with Crippen LogP contribution in [0.25, 0.3) is 0 Å². The molecular formula is C16H29N3O. The molecule has 0 unspecified atom stereocenters. The summed E-state index contributed by atoms with van der Waals surface area (Å²) >= 11 is 0. The van der Waals surface area contributed by atoms with Crippen LogP contribution in [0.2, 0.25) is 0 Å². The van der Waals surface area contributed by atoms with Gasteiger partial charge >= 0.3 is 0 Å². The number of hydrogen-bond acceptors (Lipinski definition) is 4. The van der Waals surface area contributed by atoms with Gasteiger partial charge in [-0.25, -0.2) is 0 Å². The van der Waals surface area contributed by atoms with Crippen LogP contribution in [0.3, 0.4) is 0 Å². The standard InChI is InChI=1S/C16H29N3O/c1-5-6-12-7-9-13(10-8-12)15-18-14(20-19-15)11-17-16(2,3)4/h12-13,17H,5-11H2,1-4H3. The van der Waals surface area contributed by atoms with Gasteiger partial charge in [-0.15, -0.1) is 0 Å². The number of nitrogens with zero attached hydrogens (tertiary/aromatic N) is 2. The zero-order valence-corrected chi connectivity index (χ0v) is 13.4. The number of hydrogen-bond donors (Lipinski definition) is 1. The Labute approximate surface area is 122 Å². The van der Waals surface area contributed by atoms with Crippen molar-refractivity contribution in [2.75, 3.05) is 0 Å². The second-order valence-electron chi connectivity index (χ2n) is 7.16. The Bertz CT molecular complexity index is 400. The van der Waals surface area contributed by atoms with Crippen molar-refractivity contribution in [3.63, 3.8) is 0 Å². The molecular weight excluding hydrogens is 250 g/mol. The van der Waals surface area contributed by atoms with Crippen LogP contribution in [-0.4, -0.2) is 15.7 Å². The van der Waals surface area contributed by atoms with Crippen molar-refractivity contribution < 1.29 is 4.52 Å². The maximum Gasteiger partial charge on any atom is 0.240 e. The zero-order chi connectivity index (χ0) is 14.6. The first-order valence-electron chi connectivity index (χ1n) is 8.05. The van der Waals surface area contributed by atoms with Gasteiger partial charge < -0.3 is 9.84 Å². The Morgan fingerprint density at radius 3 is 2.50 bits per heavy atom. The lowest BCUT2D eigenvalue weighted by molar-refractivity contribution is 0.293. The van der Waals surface area contributed by atoms with E-state index in [9.17, 15) is 0 Å². The summed E-state index contributed by atoms with van der Waals surface area (Å²) in [4.78, 5) is 4.57. The molecule has 1 fully saturated rings. The van der Waals surface area contributed by atoms with E-state index in [1.807, 2.05) is 0 Å². The lowest BCUT2D eigenvalue weighted by Gasteiger charge is -2.26. The molecule has 1 saturated carbocycles. The zero-order valence-electron chi connectivity index (χ0n) is 13.4. The van der Waals surface area contributed by atoms with Crippen LogP contribution in [0.5, 0.6) is 0 Å². The third kappa shape index (κ3) is 4.58. The molecule has 0 atom stereocenters. The van der Waals surface area contributed by atoms with Crippen molar-refractivity contribution in [2.24, 2.45) is 5.92 Å². The lowest BCUT2D eigenvalue weighted by Crippen LogP contribution is -2.35. The van der Waals surface area contributed by atoms with Crippen LogP contribution in [0.4, 0.5) is 0 Å². The van der Waals surface area contributed by atoms with Gasteiger partial charge in [0, 0.05) is 11.5 Å². The molecule has 4 heteroatoms. The largest absolute Gasteiger partial charge is 0.338 e. The van der Waals surface area contributed by atoms with Crippen LogP contribution in [0.1, 0.15) is 83.9 Å². The summed E-state index contributed by atoms with van der Waals surface area (Å²) in [7, 11) is 0. The smallest absolute Gasteiger partial charge is 0.240 e. The summed E-state index contributed by atoms with van der Waals surface area (Å²) < 4.78 is 5.36. The van der Waals surface area contributed by atoms with Crippen molar-refractivity contribution in [1.29, 1.82) is 0 Å². The van der Waals surface area contributed by atoms with Gasteiger partial charge in [-0.05, 0) is 52.4 Å². The molecule has 1 aromatic heterocycles. The lowest BCUT2D eigenvalue weighted by atomic mass is 9.80. The van der Waals surface area contributed by atoms with E-state index in [-0.39, 0.29) is 5.54 Å². The van der Waals surface area contributed by atoms with Gasteiger partial charge in [0.15, 0.2) is 5.82 Å². The highest BCUT2D eigenvalue weighted by Gasteiger charge is 2.25. The van der Waals surface area contributed by atoms with Crippen LogP contribution >= 0.6 is 0 Å². The Morgan fingerprint density at radius 1 is 1.20 bits per heavy atom. The summed E-state index contributed by atoms with van der Waals surface area (Å²) in [6, 6.07) is 0. The monoisotopic (exact) mass is 279 g/mol. The molecule has 0 saturated heterocycles. The maximum atomic E-state index is 5.36. The van der Waals surface area contributed by atoms with Crippen LogP contribution in [-0.2, 0) is 6.54 Å². The van der Waals surface area contributed by atoms with E-state index >= 15 is 0 Å². The molecule has 114 valence electrons. The first-order valence-corrected chi connectivity index (χ1v) is 8.05. The number of rotatable bonds is 5. The topological polar surface area (TPSA) is 51.0 Å². The average Bonchev–Trinajstić information content (AvgIpc) is 2.86. The van der Waals surface area contributed by atoms with Crippen molar-refractivity contribution >= 4 is 0 Å². The normalized spacial score (nSPS) is 24.0. The molecule has 0 spiro atoms. The molecule has 20 heavy (non-hydrogen) atoms.